The normalized spacial score (nSPS) is 25.7. The summed E-state index contributed by atoms with van der Waals surface area (Å²) < 4.78 is 71.3. The summed E-state index contributed by atoms with van der Waals surface area (Å²) in [6.07, 6.45) is -1.74. The number of alkyl halides is 3. The average Bonchev–Trinajstić information content (AvgIpc) is 2.58. The molecule has 3 aliphatic rings. The zero-order valence-electron chi connectivity index (χ0n) is 16.6. The molecule has 10 heteroatoms. The Bertz CT molecular complexity index is 876. The molecule has 6 nitrogen and oxygen atoms in total. The second-order valence-electron chi connectivity index (χ2n) is 8.57. The summed E-state index contributed by atoms with van der Waals surface area (Å²) in [4.78, 5) is 6.42. The van der Waals surface area contributed by atoms with Crippen LogP contribution >= 0.6 is 0 Å². The number of sulfonamides is 1. The predicted molar refractivity (Wildman–Crippen MR) is 101 cm³/mol. The predicted octanol–water partition coefficient (Wildman–Crippen LogP) is 2.97. The van der Waals surface area contributed by atoms with Crippen LogP contribution in [0.3, 0.4) is 0 Å². The lowest BCUT2D eigenvalue weighted by atomic mass is 9.57. The number of morpholine rings is 1. The highest BCUT2D eigenvalue weighted by Gasteiger charge is 2.60. The Kier molecular flexibility index (Phi) is 5.10. The lowest BCUT2D eigenvalue weighted by Gasteiger charge is -2.59. The fraction of sp³-hybridized carbons (Fsp3) is 0.737. The van der Waals surface area contributed by atoms with Crippen LogP contribution in [0.2, 0.25) is 0 Å². The highest BCUT2D eigenvalue weighted by atomic mass is 32.2. The Labute approximate surface area is 169 Å². The second kappa shape index (κ2) is 7.09. The first-order valence-electron chi connectivity index (χ1n) is 9.94. The maximum atomic E-state index is 13.0. The molecule has 0 N–H and O–H groups in total. The van der Waals surface area contributed by atoms with E-state index in [1.165, 1.54) is 10.5 Å². The largest absolute Gasteiger partial charge is 0.391 e. The molecule has 162 valence electrons. The van der Waals surface area contributed by atoms with Crippen molar-refractivity contribution in [2.24, 2.45) is 11.3 Å². The van der Waals surface area contributed by atoms with Crippen molar-refractivity contribution >= 4 is 15.8 Å². The topological polar surface area (TPSA) is 62.7 Å². The van der Waals surface area contributed by atoms with Gasteiger partial charge in [-0.25, -0.2) is 13.4 Å². The molecular formula is C19H26F3N3O3S. The number of pyridine rings is 1. The van der Waals surface area contributed by atoms with Gasteiger partial charge in [0.15, 0.2) is 0 Å². The molecule has 0 radical (unpaired) electrons. The van der Waals surface area contributed by atoms with Gasteiger partial charge in [-0.05, 0) is 37.8 Å². The van der Waals surface area contributed by atoms with Crippen molar-refractivity contribution in [2.75, 3.05) is 37.7 Å². The molecule has 1 aromatic heterocycles. The third-order valence-electron chi connectivity index (χ3n) is 6.42. The second-order valence-corrected chi connectivity index (χ2v) is 10.5. The fourth-order valence-electron chi connectivity index (χ4n) is 4.67. The van der Waals surface area contributed by atoms with Crippen LogP contribution in [0, 0.1) is 18.3 Å². The van der Waals surface area contributed by atoms with Gasteiger partial charge in [0.2, 0.25) is 10.0 Å². The van der Waals surface area contributed by atoms with Gasteiger partial charge >= 0.3 is 6.18 Å². The number of rotatable bonds is 4. The van der Waals surface area contributed by atoms with Gasteiger partial charge in [-0.15, -0.1) is 0 Å². The monoisotopic (exact) mass is 433 g/mol. The quantitative estimate of drug-likeness (QED) is 0.731. The molecule has 1 atom stereocenters. The number of nitrogens with zero attached hydrogens (tertiary/aromatic N) is 3. The summed E-state index contributed by atoms with van der Waals surface area (Å²) in [5, 5.41) is 0. The summed E-state index contributed by atoms with van der Waals surface area (Å²) in [6, 6.07) is 1.72. The van der Waals surface area contributed by atoms with Gasteiger partial charge < -0.3 is 9.64 Å². The number of aryl methyl sites for hydroxylation is 1. The van der Waals surface area contributed by atoms with Crippen LogP contribution in [0.15, 0.2) is 17.2 Å². The van der Waals surface area contributed by atoms with Crippen molar-refractivity contribution in [3.8, 4) is 0 Å². The van der Waals surface area contributed by atoms with Gasteiger partial charge in [0.25, 0.3) is 0 Å². The molecule has 0 amide bonds. The average molecular weight is 433 g/mol. The minimum absolute atomic E-state index is 0.105. The smallest absolute Gasteiger partial charge is 0.375 e. The standard InChI is InChI=1S/C19H26F3N3O3S/c1-3-15-10-25(4-5-28-15)29(26,27)16-9-23-17(6-13(16)2)24-11-18(12-24)7-14(8-18)19(20,21)22/h6,9,14-15H,3-5,7-8,10-12H2,1-2H3/t15-/m0/s1. The van der Waals surface area contributed by atoms with Gasteiger partial charge in [-0.2, -0.15) is 17.5 Å². The molecule has 0 unspecified atom stereocenters. The van der Waals surface area contributed by atoms with Crippen LogP contribution in [0.1, 0.15) is 31.7 Å². The van der Waals surface area contributed by atoms with Crippen molar-refractivity contribution in [1.82, 2.24) is 9.29 Å². The number of aromatic nitrogens is 1. The van der Waals surface area contributed by atoms with Crippen LogP contribution in [0.5, 0.6) is 0 Å². The highest BCUT2D eigenvalue weighted by molar-refractivity contribution is 7.89. The molecule has 0 bridgehead atoms. The third-order valence-corrected chi connectivity index (χ3v) is 8.42. The Hall–Kier alpha value is -1.39. The summed E-state index contributed by atoms with van der Waals surface area (Å²) in [7, 11) is -3.66. The van der Waals surface area contributed by atoms with E-state index < -0.39 is 22.1 Å². The SMILES string of the molecule is CC[C@H]1CN(S(=O)(=O)c2cnc(N3CC4(CC(C(F)(F)F)C4)C3)cc2C)CCO1. The zero-order chi connectivity index (χ0) is 21.0. The van der Waals surface area contributed by atoms with Crippen molar-refractivity contribution in [3.63, 3.8) is 0 Å². The van der Waals surface area contributed by atoms with E-state index in [-0.39, 0.29) is 29.3 Å². The van der Waals surface area contributed by atoms with Crippen LogP contribution in [0.4, 0.5) is 19.0 Å². The van der Waals surface area contributed by atoms with Gasteiger partial charge in [0.1, 0.15) is 10.7 Å². The lowest BCUT2D eigenvalue weighted by Crippen LogP contribution is -2.64. The number of anilines is 1. The van der Waals surface area contributed by atoms with E-state index in [1.807, 2.05) is 11.8 Å². The molecule has 4 rings (SSSR count). The molecule has 3 fully saturated rings. The number of hydrogen-bond donors (Lipinski definition) is 0. The van der Waals surface area contributed by atoms with Crippen LogP contribution in [0.25, 0.3) is 0 Å². The molecule has 1 aliphatic carbocycles. The first-order valence-corrected chi connectivity index (χ1v) is 11.4. The Balaban J connectivity index is 1.43. The number of hydrogen-bond acceptors (Lipinski definition) is 5. The number of halogens is 3. The summed E-state index contributed by atoms with van der Waals surface area (Å²) in [5.41, 5.74) is 0.334. The van der Waals surface area contributed by atoms with Crippen molar-refractivity contribution in [1.29, 1.82) is 0 Å². The number of ether oxygens (including phenoxy) is 1. The fourth-order valence-corrected chi connectivity index (χ4v) is 6.28. The molecular weight excluding hydrogens is 407 g/mol. The van der Waals surface area contributed by atoms with E-state index in [4.69, 9.17) is 4.74 Å². The van der Waals surface area contributed by atoms with Gasteiger partial charge in [0, 0.05) is 37.8 Å². The molecule has 2 saturated heterocycles. The molecule has 3 heterocycles. The summed E-state index contributed by atoms with van der Waals surface area (Å²) >= 11 is 0. The van der Waals surface area contributed by atoms with E-state index in [9.17, 15) is 21.6 Å². The molecule has 29 heavy (non-hydrogen) atoms. The van der Waals surface area contributed by atoms with Crippen molar-refractivity contribution < 1.29 is 26.3 Å². The van der Waals surface area contributed by atoms with Crippen LogP contribution in [-0.2, 0) is 14.8 Å². The lowest BCUT2D eigenvalue weighted by molar-refractivity contribution is -0.225. The molecule has 0 aromatic carbocycles. The Morgan fingerprint density at radius 3 is 2.59 bits per heavy atom. The van der Waals surface area contributed by atoms with E-state index >= 15 is 0 Å². The first kappa shape index (κ1) is 20.9. The van der Waals surface area contributed by atoms with E-state index in [0.717, 1.165) is 6.42 Å². The van der Waals surface area contributed by atoms with Gasteiger partial charge in [0.05, 0.1) is 18.6 Å². The molecule has 1 spiro atoms. The van der Waals surface area contributed by atoms with Gasteiger partial charge in [-0.3, -0.25) is 0 Å². The summed E-state index contributed by atoms with van der Waals surface area (Å²) in [6.45, 7) is 5.79. The van der Waals surface area contributed by atoms with Crippen LogP contribution < -0.4 is 4.90 Å². The zero-order valence-corrected chi connectivity index (χ0v) is 17.4. The molecule has 2 aliphatic heterocycles. The maximum absolute atomic E-state index is 13.0. The Morgan fingerprint density at radius 1 is 1.31 bits per heavy atom. The highest BCUT2D eigenvalue weighted by Crippen LogP contribution is 2.57. The van der Waals surface area contributed by atoms with E-state index in [2.05, 4.69) is 4.98 Å². The van der Waals surface area contributed by atoms with Gasteiger partial charge in [-0.1, -0.05) is 6.92 Å². The van der Waals surface area contributed by atoms with E-state index in [0.29, 0.717) is 44.2 Å². The van der Waals surface area contributed by atoms with Crippen molar-refractivity contribution in [2.45, 2.75) is 50.3 Å². The Morgan fingerprint density at radius 2 is 2.00 bits per heavy atom. The first-order chi connectivity index (χ1) is 13.5. The molecule has 1 saturated carbocycles. The molecule has 1 aromatic rings. The van der Waals surface area contributed by atoms with Crippen molar-refractivity contribution in [3.05, 3.63) is 17.8 Å². The minimum atomic E-state index is -4.10. The van der Waals surface area contributed by atoms with E-state index in [1.54, 1.807) is 13.0 Å². The third kappa shape index (κ3) is 3.74. The van der Waals surface area contributed by atoms with Crippen LogP contribution in [-0.4, -0.2) is 62.8 Å². The maximum Gasteiger partial charge on any atom is 0.391 e. The minimum Gasteiger partial charge on any atom is -0.375 e. The summed E-state index contributed by atoms with van der Waals surface area (Å²) in [5.74, 6) is -0.566.